The Morgan fingerprint density at radius 3 is 2.69 bits per heavy atom. The van der Waals surface area contributed by atoms with Crippen LogP contribution < -0.4 is 11.2 Å². The Kier molecular flexibility index (Phi) is 3.11. The number of thiol groups is 1. The predicted octanol–water partition coefficient (Wildman–Crippen LogP) is -0.748. The van der Waals surface area contributed by atoms with E-state index in [1.165, 1.54) is 0 Å². The maximum atomic E-state index is 11.5. The van der Waals surface area contributed by atoms with Crippen LogP contribution >= 0.6 is 11.4 Å². The van der Waals surface area contributed by atoms with E-state index in [-0.39, 0.29) is 17.7 Å². The number of aliphatic hydroxyl groups is 1. The van der Waals surface area contributed by atoms with Crippen molar-refractivity contribution in [2.75, 3.05) is 12.4 Å². The van der Waals surface area contributed by atoms with Crippen LogP contribution in [0.4, 0.5) is 0 Å². The van der Waals surface area contributed by atoms with Gasteiger partial charge in [-0.2, -0.15) is 11.4 Å². The van der Waals surface area contributed by atoms with Gasteiger partial charge in [-0.25, -0.2) is 4.79 Å². The fourth-order valence-corrected chi connectivity index (χ4v) is 2.20. The maximum Gasteiger partial charge on any atom is 0.325 e. The van der Waals surface area contributed by atoms with Crippen LogP contribution in [0.1, 0.15) is 6.42 Å². The topological polar surface area (TPSA) is 118 Å². The molecule has 8 heteroatoms. The van der Waals surface area contributed by atoms with Gasteiger partial charge in [0.15, 0.2) is 0 Å². The van der Waals surface area contributed by atoms with Crippen molar-refractivity contribution < 1.29 is 5.11 Å². The van der Waals surface area contributed by atoms with Crippen LogP contribution in [0.3, 0.4) is 0 Å². The van der Waals surface area contributed by atoms with Gasteiger partial charge in [0, 0.05) is 6.61 Å². The minimum absolute atomic E-state index is 0.125. The van der Waals surface area contributed by atoms with Crippen molar-refractivity contribution in [3.63, 3.8) is 0 Å². The SMILES string of the molecule is O=c1[nH]c2[nH]c(=[SH]CCCO)[nH]c(=O)c2[nH]1. The zero-order valence-corrected chi connectivity index (χ0v) is 9.23. The molecule has 0 bridgehead atoms. The van der Waals surface area contributed by atoms with Crippen LogP contribution in [0.5, 0.6) is 0 Å². The maximum absolute atomic E-state index is 11.5. The Hall–Kier alpha value is -1.54. The molecule has 88 valence electrons. The molecule has 0 fully saturated rings. The van der Waals surface area contributed by atoms with E-state index in [0.29, 0.717) is 16.8 Å². The second-order valence-electron chi connectivity index (χ2n) is 3.22. The Morgan fingerprint density at radius 2 is 1.94 bits per heavy atom. The van der Waals surface area contributed by atoms with E-state index in [0.717, 1.165) is 17.1 Å². The number of nitrogens with one attached hydrogen (secondary N) is 4. The van der Waals surface area contributed by atoms with E-state index in [9.17, 15) is 9.59 Å². The zero-order chi connectivity index (χ0) is 11.5. The van der Waals surface area contributed by atoms with E-state index in [1.54, 1.807) is 0 Å². The average molecular weight is 244 g/mol. The highest BCUT2D eigenvalue weighted by atomic mass is 32.1. The first kappa shape index (κ1) is 11.0. The van der Waals surface area contributed by atoms with E-state index >= 15 is 0 Å². The molecular formula is C8H12N4O3S. The molecule has 0 unspecified atom stereocenters. The highest BCUT2D eigenvalue weighted by molar-refractivity contribution is 7.91. The van der Waals surface area contributed by atoms with Crippen molar-refractivity contribution in [2.24, 2.45) is 0 Å². The molecule has 2 heterocycles. The Bertz CT molecular complexity index is 662. The molecule has 0 atom stereocenters. The van der Waals surface area contributed by atoms with Gasteiger partial charge >= 0.3 is 5.69 Å². The number of hydrogen-bond acceptors (Lipinski definition) is 3. The second kappa shape index (κ2) is 4.54. The third-order valence-electron chi connectivity index (χ3n) is 2.02. The van der Waals surface area contributed by atoms with Crippen molar-refractivity contribution in [3.8, 4) is 0 Å². The first-order valence-electron chi connectivity index (χ1n) is 4.76. The molecule has 0 aliphatic carbocycles. The van der Waals surface area contributed by atoms with Crippen molar-refractivity contribution in [3.05, 3.63) is 25.6 Å². The summed E-state index contributed by atoms with van der Waals surface area (Å²) in [6, 6.07) is 0. The first-order valence-corrected chi connectivity index (χ1v) is 5.84. The van der Waals surface area contributed by atoms with Crippen LogP contribution in [-0.2, 0) is 0 Å². The smallest absolute Gasteiger partial charge is 0.325 e. The van der Waals surface area contributed by atoms with Gasteiger partial charge in [0.25, 0.3) is 5.56 Å². The molecule has 0 aromatic carbocycles. The number of fused-ring (bicyclic) bond motifs is 1. The second-order valence-corrected chi connectivity index (χ2v) is 4.43. The van der Waals surface area contributed by atoms with Crippen LogP contribution in [0.25, 0.3) is 11.2 Å². The Morgan fingerprint density at radius 1 is 1.12 bits per heavy atom. The first-order chi connectivity index (χ1) is 7.70. The summed E-state index contributed by atoms with van der Waals surface area (Å²) in [5.74, 6) is 0.739. The molecule has 0 saturated heterocycles. The number of aromatic nitrogens is 4. The molecule has 5 N–H and O–H groups in total. The van der Waals surface area contributed by atoms with E-state index in [2.05, 4.69) is 19.9 Å². The van der Waals surface area contributed by atoms with E-state index in [1.807, 2.05) is 0 Å². The summed E-state index contributed by atoms with van der Waals surface area (Å²) in [4.78, 5) is 32.9. The van der Waals surface area contributed by atoms with Crippen LogP contribution in [0, 0.1) is 4.77 Å². The standard InChI is InChI=1S/C8H12N4O3S/c13-2-1-3-16-8-11-5-4(6(14)12-8)9-7(15)10-5/h11,13,16H,1-3H2,(H,12,14)(H2,9,10,15). The summed E-state index contributed by atoms with van der Waals surface area (Å²) in [5, 5.41) is 8.63. The number of H-pyrrole nitrogens is 4. The Balaban J connectivity index is 2.53. The lowest BCUT2D eigenvalue weighted by Gasteiger charge is -1.92. The van der Waals surface area contributed by atoms with Gasteiger partial charge < -0.3 is 15.1 Å². The molecule has 0 aliphatic heterocycles. The average Bonchev–Trinajstić information content (AvgIpc) is 2.60. The lowest BCUT2D eigenvalue weighted by molar-refractivity contribution is 0.296. The number of rotatable bonds is 3. The normalized spacial score (nSPS) is 12.9. The summed E-state index contributed by atoms with van der Waals surface area (Å²) >= 11 is 0.875. The zero-order valence-electron chi connectivity index (χ0n) is 8.33. The lowest BCUT2D eigenvalue weighted by Crippen LogP contribution is -2.08. The number of hydrogen-bond donors (Lipinski definition) is 6. The van der Waals surface area contributed by atoms with Crippen LogP contribution in [0.15, 0.2) is 9.59 Å². The minimum atomic E-state index is -0.416. The molecule has 2 aromatic rings. The fourth-order valence-electron chi connectivity index (χ4n) is 1.31. The molecular weight excluding hydrogens is 232 g/mol. The van der Waals surface area contributed by atoms with Gasteiger partial charge in [0.2, 0.25) is 0 Å². The largest absolute Gasteiger partial charge is 0.396 e. The summed E-state index contributed by atoms with van der Waals surface area (Å²) in [6.45, 7) is 0.125. The quantitative estimate of drug-likeness (QED) is 0.242. The molecule has 2 aromatic heterocycles. The van der Waals surface area contributed by atoms with Crippen molar-refractivity contribution >= 4 is 22.5 Å². The molecule has 16 heavy (non-hydrogen) atoms. The van der Waals surface area contributed by atoms with Gasteiger partial charge in [-0.1, -0.05) is 0 Å². The molecule has 0 radical (unpaired) electrons. The summed E-state index contributed by atoms with van der Waals surface area (Å²) in [5.41, 5.74) is -0.147. The lowest BCUT2D eigenvalue weighted by atomic mass is 10.5. The highest BCUT2D eigenvalue weighted by Gasteiger charge is 2.01. The fraction of sp³-hybridized carbons (Fsp3) is 0.375. The van der Waals surface area contributed by atoms with Crippen molar-refractivity contribution in [1.82, 2.24) is 19.9 Å². The van der Waals surface area contributed by atoms with E-state index in [4.69, 9.17) is 5.11 Å². The van der Waals surface area contributed by atoms with Gasteiger partial charge in [0.05, 0.1) is 0 Å². The van der Waals surface area contributed by atoms with Gasteiger partial charge in [-0.15, -0.1) is 0 Å². The molecule has 2 rings (SSSR count). The summed E-state index contributed by atoms with van der Waals surface area (Å²) in [6.07, 6.45) is 0.666. The number of imidazole rings is 1. The molecule has 0 saturated carbocycles. The number of aliphatic hydroxyl groups excluding tert-OH is 1. The highest BCUT2D eigenvalue weighted by Crippen LogP contribution is 1.98. The third-order valence-corrected chi connectivity index (χ3v) is 3.10. The third kappa shape index (κ3) is 2.17. The number of aromatic amines is 4. The molecule has 0 aliphatic rings. The van der Waals surface area contributed by atoms with Crippen LogP contribution in [0.2, 0.25) is 0 Å². The van der Waals surface area contributed by atoms with Gasteiger partial charge in [-0.3, -0.25) is 14.8 Å². The minimum Gasteiger partial charge on any atom is -0.396 e. The Labute approximate surface area is 92.5 Å². The van der Waals surface area contributed by atoms with Crippen molar-refractivity contribution in [2.45, 2.75) is 6.42 Å². The molecule has 0 spiro atoms. The predicted molar refractivity (Wildman–Crippen MR) is 62.7 cm³/mol. The molecule has 7 nitrogen and oxygen atoms in total. The monoisotopic (exact) mass is 244 g/mol. The van der Waals surface area contributed by atoms with Gasteiger partial charge in [0.1, 0.15) is 15.9 Å². The summed E-state index contributed by atoms with van der Waals surface area (Å²) < 4.78 is 0.612. The van der Waals surface area contributed by atoms with Gasteiger partial charge in [-0.05, 0) is 12.2 Å². The van der Waals surface area contributed by atoms with Crippen LogP contribution in [-0.4, -0.2) is 37.4 Å². The van der Waals surface area contributed by atoms with Crippen molar-refractivity contribution in [1.29, 1.82) is 0 Å². The molecule has 0 amide bonds. The van der Waals surface area contributed by atoms with E-state index < -0.39 is 5.69 Å². The summed E-state index contributed by atoms with van der Waals surface area (Å²) in [7, 11) is 0.